The van der Waals surface area contributed by atoms with Gasteiger partial charge in [-0.2, -0.15) is 5.10 Å². The SMILES string of the molecule is CC[C@H](O)Cn1ncnc1-c1ccc(Cl)s1. The summed E-state index contributed by atoms with van der Waals surface area (Å²) in [6.45, 7) is 2.39. The van der Waals surface area contributed by atoms with E-state index < -0.39 is 6.10 Å². The van der Waals surface area contributed by atoms with E-state index in [1.165, 1.54) is 17.7 Å². The van der Waals surface area contributed by atoms with Crippen LogP contribution in [0.15, 0.2) is 18.5 Å². The summed E-state index contributed by atoms with van der Waals surface area (Å²) < 4.78 is 2.43. The van der Waals surface area contributed by atoms with Gasteiger partial charge < -0.3 is 5.11 Å². The Morgan fingerprint density at radius 1 is 1.56 bits per heavy atom. The molecule has 1 atom stereocenters. The Kier molecular flexibility index (Phi) is 3.58. The Morgan fingerprint density at radius 3 is 3.00 bits per heavy atom. The number of hydrogen-bond donors (Lipinski definition) is 1. The van der Waals surface area contributed by atoms with Crippen LogP contribution in [-0.2, 0) is 6.54 Å². The minimum Gasteiger partial charge on any atom is -0.391 e. The van der Waals surface area contributed by atoms with Crippen molar-refractivity contribution in [1.82, 2.24) is 14.8 Å². The van der Waals surface area contributed by atoms with Gasteiger partial charge in [-0.1, -0.05) is 18.5 Å². The zero-order valence-corrected chi connectivity index (χ0v) is 10.4. The molecule has 0 spiro atoms. The van der Waals surface area contributed by atoms with Gasteiger partial charge in [-0.05, 0) is 18.6 Å². The summed E-state index contributed by atoms with van der Waals surface area (Å²) in [5.41, 5.74) is 0. The van der Waals surface area contributed by atoms with Gasteiger partial charge in [0.25, 0.3) is 0 Å². The lowest BCUT2D eigenvalue weighted by atomic mass is 10.3. The summed E-state index contributed by atoms with van der Waals surface area (Å²) in [7, 11) is 0. The standard InChI is InChI=1S/C10H12ClN3OS/c1-2-7(15)5-14-10(12-6-13-14)8-3-4-9(11)16-8/h3-4,6-7,15H,2,5H2,1H3/t7-/m0/s1. The Bertz CT molecular complexity index is 468. The van der Waals surface area contributed by atoms with Gasteiger partial charge >= 0.3 is 0 Å². The van der Waals surface area contributed by atoms with Crippen LogP contribution in [-0.4, -0.2) is 26.0 Å². The maximum absolute atomic E-state index is 9.60. The van der Waals surface area contributed by atoms with Gasteiger partial charge in [0, 0.05) is 0 Å². The van der Waals surface area contributed by atoms with E-state index >= 15 is 0 Å². The lowest BCUT2D eigenvalue weighted by Gasteiger charge is -2.08. The van der Waals surface area contributed by atoms with Crippen LogP contribution in [0.1, 0.15) is 13.3 Å². The molecule has 0 amide bonds. The zero-order chi connectivity index (χ0) is 11.5. The molecule has 0 saturated heterocycles. The van der Waals surface area contributed by atoms with E-state index in [0.717, 1.165) is 15.0 Å². The second-order valence-electron chi connectivity index (χ2n) is 3.43. The average molecular weight is 258 g/mol. The van der Waals surface area contributed by atoms with Crippen molar-refractivity contribution in [1.29, 1.82) is 0 Å². The molecule has 86 valence electrons. The first-order valence-corrected chi connectivity index (χ1v) is 6.21. The molecule has 0 aliphatic heterocycles. The minimum absolute atomic E-state index is 0.393. The monoisotopic (exact) mass is 257 g/mol. The van der Waals surface area contributed by atoms with E-state index in [4.69, 9.17) is 11.6 Å². The minimum atomic E-state index is -0.393. The highest BCUT2D eigenvalue weighted by Crippen LogP contribution is 2.29. The Balaban J connectivity index is 2.25. The molecule has 0 aromatic carbocycles. The van der Waals surface area contributed by atoms with E-state index in [9.17, 15) is 5.11 Å². The van der Waals surface area contributed by atoms with E-state index in [-0.39, 0.29) is 0 Å². The highest BCUT2D eigenvalue weighted by molar-refractivity contribution is 7.19. The molecule has 6 heteroatoms. The van der Waals surface area contributed by atoms with Crippen LogP contribution in [0.25, 0.3) is 10.7 Å². The van der Waals surface area contributed by atoms with Gasteiger partial charge in [0.2, 0.25) is 0 Å². The fourth-order valence-electron chi connectivity index (χ4n) is 1.35. The molecule has 0 aliphatic carbocycles. The average Bonchev–Trinajstić information content (AvgIpc) is 2.86. The molecule has 4 nitrogen and oxygen atoms in total. The van der Waals surface area contributed by atoms with E-state index in [2.05, 4.69) is 10.1 Å². The maximum atomic E-state index is 9.60. The number of halogens is 1. The largest absolute Gasteiger partial charge is 0.391 e. The summed E-state index contributed by atoms with van der Waals surface area (Å²) in [4.78, 5) is 5.14. The lowest BCUT2D eigenvalue weighted by Crippen LogP contribution is -2.16. The van der Waals surface area contributed by atoms with Gasteiger partial charge in [0.1, 0.15) is 6.33 Å². The first-order valence-electron chi connectivity index (χ1n) is 5.02. The molecule has 0 unspecified atom stereocenters. The van der Waals surface area contributed by atoms with Gasteiger partial charge in [-0.15, -0.1) is 11.3 Å². The molecule has 1 N–H and O–H groups in total. The van der Waals surface area contributed by atoms with E-state index in [0.29, 0.717) is 13.0 Å². The Labute approximate surface area is 103 Å². The van der Waals surface area contributed by atoms with Crippen LogP contribution in [0, 0.1) is 0 Å². The first-order chi connectivity index (χ1) is 7.70. The van der Waals surface area contributed by atoms with Crippen molar-refractivity contribution in [2.24, 2.45) is 0 Å². The number of aliphatic hydroxyl groups is 1. The van der Waals surface area contributed by atoms with Gasteiger partial charge in [-0.25, -0.2) is 9.67 Å². The van der Waals surface area contributed by atoms with Crippen molar-refractivity contribution in [3.8, 4) is 10.7 Å². The number of aromatic nitrogens is 3. The van der Waals surface area contributed by atoms with Crippen molar-refractivity contribution in [3.05, 3.63) is 22.8 Å². The Hall–Kier alpha value is -0.910. The van der Waals surface area contributed by atoms with Crippen LogP contribution < -0.4 is 0 Å². The molecular formula is C10H12ClN3OS. The number of thiophene rings is 1. The molecule has 0 radical (unpaired) electrons. The van der Waals surface area contributed by atoms with Crippen LogP contribution in [0.5, 0.6) is 0 Å². The third-order valence-corrected chi connectivity index (χ3v) is 3.49. The fourth-order valence-corrected chi connectivity index (χ4v) is 2.40. The highest BCUT2D eigenvalue weighted by atomic mass is 35.5. The van der Waals surface area contributed by atoms with Crippen molar-refractivity contribution < 1.29 is 5.11 Å². The number of hydrogen-bond acceptors (Lipinski definition) is 4. The van der Waals surface area contributed by atoms with Crippen LogP contribution in [0.2, 0.25) is 4.34 Å². The topological polar surface area (TPSA) is 50.9 Å². The molecule has 2 aromatic heterocycles. The lowest BCUT2D eigenvalue weighted by molar-refractivity contribution is 0.146. The number of nitrogens with zero attached hydrogens (tertiary/aromatic N) is 3. The molecular weight excluding hydrogens is 246 g/mol. The predicted octanol–water partition coefficient (Wildman–Crippen LogP) is 2.43. The van der Waals surface area contributed by atoms with Crippen molar-refractivity contribution in [3.63, 3.8) is 0 Å². The molecule has 2 aromatic rings. The third-order valence-electron chi connectivity index (χ3n) is 2.26. The third kappa shape index (κ3) is 2.42. The fraction of sp³-hybridized carbons (Fsp3) is 0.400. The Morgan fingerprint density at radius 2 is 2.38 bits per heavy atom. The zero-order valence-electron chi connectivity index (χ0n) is 8.80. The summed E-state index contributed by atoms with van der Waals surface area (Å²) in [5, 5.41) is 13.7. The molecule has 0 fully saturated rings. The molecule has 0 bridgehead atoms. The van der Waals surface area contributed by atoms with Crippen LogP contribution >= 0.6 is 22.9 Å². The summed E-state index contributed by atoms with van der Waals surface area (Å²) in [6, 6.07) is 3.74. The highest BCUT2D eigenvalue weighted by Gasteiger charge is 2.12. The van der Waals surface area contributed by atoms with Gasteiger partial charge in [0.05, 0.1) is 21.9 Å². The van der Waals surface area contributed by atoms with E-state index in [1.54, 1.807) is 4.68 Å². The van der Waals surface area contributed by atoms with Crippen molar-refractivity contribution in [2.45, 2.75) is 26.0 Å². The summed E-state index contributed by atoms with van der Waals surface area (Å²) in [5.74, 6) is 0.754. The van der Waals surface area contributed by atoms with Gasteiger partial charge in [0.15, 0.2) is 5.82 Å². The quantitative estimate of drug-likeness (QED) is 0.915. The molecule has 16 heavy (non-hydrogen) atoms. The number of rotatable bonds is 4. The maximum Gasteiger partial charge on any atom is 0.168 e. The molecule has 0 aliphatic rings. The van der Waals surface area contributed by atoms with Crippen LogP contribution in [0.3, 0.4) is 0 Å². The number of aliphatic hydroxyl groups excluding tert-OH is 1. The predicted molar refractivity (Wildman–Crippen MR) is 64.6 cm³/mol. The summed E-state index contributed by atoms with van der Waals surface area (Å²) >= 11 is 7.33. The van der Waals surface area contributed by atoms with Crippen LogP contribution in [0.4, 0.5) is 0 Å². The second-order valence-corrected chi connectivity index (χ2v) is 5.15. The van der Waals surface area contributed by atoms with E-state index in [1.807, 2.05) is 19.1 Å². The molecule has 2 rings (SSSR count). The second kappa shape index (κ2) is 4.95. The normalized spacial score (nSPS) is 12.9. The molecule has 2 heterocycles. The van der Waals surface area contributed by atoms with Gasteiger partial charge in [-0.3, -0.25) is 0 Å². The summed E-state index contributed by atoms with van der Waals surface area (Å²) in [6.07, 6.45) is 1.80. The van der Waals surface area contributed by atoms with Crippen molar-refractivity contribution >= 4 is 22.9 Å². The first kappa shape index (κ1) is 11.6. The van der Waals surface area contributed by atoms with Crippen molar-refractivity contribution in [2.75, 3.05) is 0 Å². The smallest absolute Gasteiger partial charge is 0.168 e. The molecule has 0 saturated carbocycles.